The highest BCUT2D eigenvalue weighted by Gasteiger charge is 1.92. The van der Waals surface area contributed by atoms with E-state index < -0.39 is 18.2 Å². The molecule has 92 valence electrons. The van der Waals surface area contributed by atoms with Gasteiger partial charge < -0.3 is 27.3 Å². The van der Waals surface area contributed by atoms with Crippen molar-refractivity contribution in [2.24, 2.45) is 17.2 Å². The highest BCUT2D eigenvalue weighted by atomic mass is 16.5. The maximum atomic E-state index is 9.62. The Labute approximate surface area is 90.6 Å². The molecule has 0 aliphatic carbocycles. The number of hydrogen-bond acceptors (Lipinski definition) is 5. The number of nitrogens with zero attached hydrogens (tertiary/aromatic N) is 1. The minimum Gasteiger partial charge on any atom is -0.724 e. The molecular weight excluding hydrogens is 222 g/mol. The Kier molecular flexibility index (Phi) is 17.7. The van der Waals surface area contributed by atoms with Crippen LogP contribution in [0.5, 0.6) is 0 Å². The standard InChI is InChI=1S/C3H7NO2.C2H5N3O2.CNO/c1-2-6-3(4)5;3-1(6)5-2(4)7;2-1-3/h2H2,1H3,(H2,4,5);(H5,3,4,5,6,7);/q;;-1. The molecule has 0 rings (SSSR count). The van der Waals surface area contributed by atoms with Crippen LogP contribution >= 0.6 is 0 Å². The average molecular weight is 234 g/mol. The lowest BCUT2D eigenvalue weighted by molar-refractivity contribution is 0.163. The first-order valence-corrected chi connectivity index (χ1v) is 3.61. The predicted molar refractivity (Wildman–Crippen MR) is 52.6 cm³/mol. The summed E-state index contributed by atoms with van der Waals surface area (Å²) in [5, 5.41) is 8.35. The third-order valence-electron chi connectivity index (χ3n) is 0.533. The second-order valence-electron chi connectivity index (χ2n) is 1.70. The van der Waals surface area contributed by atoms with Gasteiger partial charge in [-0.2, -0.15) is 0 Å². The van der Waals surface area contributed by atoms with Crippen LogP contribution in [0.15, 0.2) is 0 Å². The van der Waals surface area contributed by atoms with Crippen LogP contribution in [0.25, 0.3) is 5.41 Å². The zero-order chi connectivity index (χ0) is 13.6. The van der Waals surface area contributed by atoms with Crippen LogP contribution in [0.1, 0.15) is 6.92 Å². The SMILES string of the molecule is CCOC(N)=O.NC(=O)NC(N)=O.[N-]=C=O. The van der Waals surface area contributed by atoms with E-state index in [2.05, 4.69) is 21.9 Å². The van der Waals surface area contributed by atoms with E-state index in [-0.39, 0.29) is 0 Å². The van der Waals surface area contributed by atoms with Crippen molar-refractivity contribution in [3.05, 3.63) is 5.41 Å². The summed E-state index contributed by atoms with van der Waals surface area (Å²) in [5.41, 5.74) is 13.4. The van der Waals surface area contributed by atoms with Crippen molar-refractivity contribution < 1.29 is 23.9 Å². The summed E-state index contributed by atoms with van der Waals surface area (Å²) >= 11 is 0. The molecule has 16 heavy (non-hydrogen) atoms. The minimum atomic E-state index is -0.938. The third kappa shape index (κ3) is 63.8. The van der Waals surface area contributed by atoms with Crippen LogP contribution in [-0.4, -0.2) is 30.8 Å². The number of urea groups is 2. The molecule has 0 bridgehead atoms. The van der Waals surface area contributed by atoms with E-state index in [1.807, 2.05) is 0 Å². The summed E-state index contributed by atoms with van der Waals surface area (Å²) < 4.78 is 4.18. The van der Waals surface area contributed by atoms with Crippen molar-refractivity contribution in [2.75, 3.05) is 6.61 Å². The van der Waals surface area contributed by atoms with Gasteiger partial charge in [-0.25, -0.2) is 14.4 Å². The van der Waals surface area contributed by atoms with E-state index in [4.69, 9.17) is 10.2 Å². The van der Waals surface area contributed by atoms with Gasteiger partial charge in [-0.3, -0.25) is 10.1 Å². The largest absolute Gasteiger partial charge is 0.724 e. The summed E-state index contributed by atoms with van der Waals surface area (Å²) in [7, 11) is 0. The molecule has 7 N–H and O–H groups in total. The number of carbonyl (C=O) groups is 3. The zero-order valence-electron chi connectivity index (χ0n) is 8.43. The van der Waals surface area contributed by atoms with Crippen LogP contribution in [0.2, 0.25) is 0 Å². The molecule has 0 unspecified atom stereocenters. The van der Waals surface area contributed by atoms with Gasteiger partial charge in [-0.1, -0.05) is 0 Å². The molecule has 0 saturated heterocycles. The Balaban J connectivity index is -0.000000172. The van der Waals surface area contributed by atoms with Gasteiger partial charge in [0.1, 0.15) is 0 Å². The first-order chi connectivity index (χ1) is 7.31. The van der Waals surface area contributed by atoms with Gasteiger partial charge in [-0.15, -0.1) is 0 Å². The van der Waals surface area contributed by atoms with Crippen molar-refractivity contribution >= 4 is 24.2 Å². The molecule has 0 spiro atoms. The smallest absolute Gasteiger partial charge is 0.404 e. The maximum absolute atomic E-state index is 9.62. The molecule has 10 nitrogen and oxygen atoms in total. The van der Waals surface area contributed by atoms with Crippen molar-refractivity contribution in [2.45, 2.75) is 6.92 Å². The molecule has 10 heteroatoms. The average Bonchev–Trinajstić information content (AvgIpc) is 2.02. The van der Waals surface area contributed by atoms with Crippen molar-refractivity contribution in [3.8, 4) is 0 Å². The molecule has 5 amide bonds. The van der Waals surface area contributed by atoms with E-state index in [1.54, 1.807) is 12.2 Å². The van der Waals surface area contributed by atoms with Crippen LogP contribution in [0.4, 0.5) is 14.4 Å². The molecule has 0 aromatic rings. The number of isocyanates is 1. The summed E-state index contributed by atoms with van der Waals surface area (Å²) in [6.45, 7) is 2.06. The van der Waals surface area contributed by atoms with Crippen LogP contribution in [0.3, 0.4) is 0 Å². The Bertz CT molecular complexity index is 248. The Morgan fingerprint density at radius 3 is 1.56 bits per heavy atom. The number of hydrogen-bond donors (Lipinski definition) is 4. The van der Waals surface area contributed by atoms with E-state index in [0.717, 1.165) is 0 Å². The van der Waals surface area contributed by atoms with Gasteiger partial charge in [-0.05, 0) is 13.0 Å². The van der Waals surface area contributed by atoms with Crippen molar-refractivity contribution in [1.29, 1.82) is 0 Å². The molecule has 0 radical (unpaired) electrons. The first kappa shape index (κ1) is 19.0. The van der Waals surface area contributed by atoms with Gasteiger partial charge in [0.05, 0.1) is 6.61 Å². The number of nitrogens with one attached hydrogen (secondary N) is 1. The number of nitrogens with two attached hydrogens (primary N) is 3. The fourth-order valence-corrected chi connectivity index (χ4v) is 0.264. The van der Waals surface area contributed by atoms with Gasteiger partial charge in [0.15, 0.2) is 0 Å². The van der Waals surface area contributed by atoms with Crippen molar-refractivity contribution in [1.82, 2.24) is 5.32 Å². The van der Waals surface area contributed by atoms with Crippen LogP contribution in [0, 0.1) is 0 Å². The summed E-state index contributed by atoms with van der Waals surface area (Å²) in [5.74, 6) is 0. The van der Waals surface area contributed by atoms with Crippen LogP contribution in [-0.2, 0) is 9.53 Å². The van der Waals surface area contributed by atoms with E-state index in [0.29, 0.717) is 12.7 Å². The van der Waals surface area contributed by atoms with E-state index in [1.165, 1.54) is 0 Å². The lowest BCUT2D eigenvalue weighted by atomic mass is 10.9. The van der Waals surface area contributed by atoms with E-state index >= 15 is 0 Å². The first-order valence-electron chi connectivity index (χ1n) is 3.61. The predicted octanol–water partition coefficient (Wildman–Crippen LogP) is -1.27. The lowest BCUT2D eigenvalue weighted by Crippen LogP contribution is -2.38. The topological polar surface area (TPSA) is 190 Å². The minimum absolute atomic E-state index is 0.356. The third-order valence-corrected chi connectivity index (χ3v) is 0.533. The molecule has 0 heterocycles. The summed E-state index contributed by atoms with van der Waals surface area (Å²) in [6.07, 6.45) is -0.211. The van der Waals surface area contributed by atoms with Gasteiger partial charge >= 0.3 is 18.2 Å². The summed E-state index contributed by atoms with van der Waals surface area (Å²) in [4.78, 5) is 37.1. The van der Waals surface area contributed by atoms with Crippen LogP contribution < -0.4 is 22.5 Å². The Morgan fingerprint density at radius 2 is 1.56 bits per heavy atom. The molecular formula is C6H12N5O5-. The second kappa shape index (κ2) is 14.9. The number of rotatable bonds is 1. The Hall–Kier alpha value is -2.61. The number of primary amides is 3. The lowest BCUT2D eigenvalue weighted by Gasteiger charge is -1.89. The van der Waals surface area contributed by atoms with Gasteiger partial charge in [0, 0.05) is 0 Å². The maximum Gasteiger partial charge on any atom is 0.404 e. The highest BCUT2D eigenvalue weighted by molar-refractivity contribution is 5.91. The normalized spacial score (nSPS) is 6.56. The van der Waals surface area contributed by atoms with E-state index in [9.17, 15) is 14.4 Å². The molecule has 0 fully saturated rings. The second-order valence-corrected chi connectivity index (χ2v) is 1.70. The fourth-order valence-electron chi connectivity index (χ4n) is 0.264. The fraction of sp³-hybridized carbons (Fsp3) is 0.333. The van der Waals surface area contributed by atoms with Crippen molar-refractivity contribution in [3.63, 3.8) is 0 Å². The Morgan fingerprint density at radius 1 is 1.25 bits per heavy atom. The number of carbonyl (C=O) groups excluding carboxylic acids is 4. The quantitative estimate of drug-likeness (QED) is 0.324. The molecule has 0 aliphatic heterocycles. The monoisotopic (exact) mass is 234 g/mol. The number of amides is 5. The van der Waals surface area contributed by atoms with Gasteiger partial charge in [0.25, 0.3) is 0 Å². The zero-order valence-corrected chi connectivity index (χ0v) is 8.43. The molecule has 0 aromatic carbocycles. The molecule has 0 aromatic heterocycles. The number of imide groups is 1. The van der Waals surface area contributed by atoms with Gasteiger partial charge in [0.2, 0.25) is 0 Å². The highest BCUT2D eigenvalue weighted by Crippen LogP contribution is 1.66. The number of ether oxygens (including phenoxy) is 1. The molecule has 0 saturated carbocycles. The summed E-state index contributed by atoms with van der Waals surface area (Å²) in [6, 6.07) is -1.88. The molecule has 0 atom stereocenters. The molecule has 0 aliphatic rings.